The van der Waals surface area contributed by atoms with Crippen molar-refractivity contribution < 1.29 is 18.0 Å². The van der Waals surface area contributed by atoms with Gasteiger partial charge in [-0.2, -0.15) is 13.2 Å². The number of carbonyl (C=O) groups excluding carboxylic acids is 1. The van der Waals surface area contributed by atoms with Crippen LogP contribution in [0.25, 0.3) is 5.57 Å². The van der Waals surface area contributed by atoms with Crippen LogP contribution in [-0.4, -0.2) is 12.0 Å². The first kappa shape index (κ1) is 16.6. The monoisotopic (exact) mass is 344 g/mol. The molecular formula is C16H9Cl2F3O. The van der Waals surface area contributed by atoms with Gasteiger partial charge in [-0.15, -0.1) is 0 Å². The van der Waals surface area contributed by atoms with Gasteiger partial charge in [0.05, 0.1) is 5.57 Å². The number of ketones is 1. The molecule has 2 aromatic carbocycles. The molecule has 1 nitrogen and oxygen atoms in total. The van der Waals surface area contributed by atoms with Crippen molar-refractivity contribution in [2.45, 2.75) is 6.18 Å². The summed E-state index contributed by atoms with van der Waals surface area (Å²) < 4.78 is 39.7. The smallest absolute Gasteiger partial charge is 0.289 e. The lowest BCUT2D eigenvalue weighted by atomic mass is 10.0. The molecule has 0 heterocycles. The van der Waals surface area contributed by atoms with Crippen LogP contribution in [0, 0.1) is 0 Å². The van der Waals surface area contributed by atoms with Crippen molar-refractivity contribution in [3.8, 4) is 0 Å². The van der Waals surface area contributed by atoms with Crippen LogP contribution in [-0.2, 0) is 0 Å². The normalized spacial score (nSPS) is 12.3. The van der Waals surface area contributed by atoms with E-state index in [1.54, 1.807) is 18.2 Å². The predicted octanol–water partition coefficient (Wildman–Crippen LogP) is 5.82. The molecule has 0 saturated carbocycles. The van der Waals surface area contributed by atoms with Crippen LogP contribution in [0.2, 0.25) is 10.0 Å². The molecule has 0 unspecified atom stereocenters. The van der Waals surface area contributed by atoms with E-state index in [1.807, 2.05) is 0 Å². The molecule has 0 N–H and O–H groups in total. The number of hydrogen-bond acceptors (Lipinski definition) is 1. The van der Waals surface area contributed by atoms with E-state index in [4.69, 9.17) is 23.2 Å². The van der Waals surface area contributed by atoms with Gasteiger partial charge < -0.3 is 0 Å². The lowest BCUT2D eigenvalue weighted by molar-refractivity contribution is -0.0689. The Morgan fingerprint density at radius 1 is 0.909 bits per heavy atom. The molecule has 0 spiro atoms. The van der Waals surface area contributed by atoms with Gasteiger partial charge in [0.2, 0.25) is 0 Å². The van der Waals surface area contributed by atoms with Crippen molar-refractivity contribution in [1.82, 2.24) is 0 Å². The number of benzene rings is 2. The number of carbonyl (C=O) groups is 1. The van der Waals surface area contributed by atoms with Crippen LogP contribution in [0.5, 0.6) is 0 Å². The first-order valence-electron chi connectivity index (χ1n) is 6.12. The minimum atomic E-state index is -4.71. The zero-order chi connectivity index (χ0) is 16.3. The predicted molar refractivity (Wildman–Crippen MR) is 81.3 cm³/mol. The standard InChI is InChI=1S/C16H9Cl2F3O/c17-12-6-11(7-13(18)8-12)14(16(19,20)21)9-15(22)10-4-2-1-3-5-10/h1-9H/b14-9+. The van der Waals surface area contributed by atoms with Crippen LogP contribution in [0.4, 0.5) is 13.2 Å². The SMILES string of the molecule is O=C(/C=C(\c1cc(Cl)cc(Cl)c1)C(F)(F)F)c1ccccc1. The highest BCUT2D eigenvalue weighted by Crippen LogP contribution is 2.36. The number of halogens is 5. The third-order valence-electron chi connectivity index (χ3n) is 2.81. The van der Waals surface area contributed by atoms with Gasteiger partial charge in [0, 0.05) is 15.6 Å². The second kappa shape index (κ2) is 6.55. The lowest BCUT2D eigenvalue weighted by Gasteiger charge is -2.12. The molecule has 2 rings (SSSR count). The van der Waals surface area contributed by atoms with Gasteiger partial charge in [-0.3, -0.25) is 4.79 Å². The Bertz CT molecular complexity index is 702. The maximum atomic E-state index is 13.2. The average Bonchev–Trinajstić information content (AvgIpc) is 2.43. The average molecular weight is 345 g/mol. The third-order valence-corrected chi connectivity index (χ3v) is 3.25. The molecule has 0 aliphatic heterocycles. The summed E-state index contributed by atoms with van der Waals surface area (Å²) in [5, 5.41) is 0.120. The molecule has 0 bridgehead atoms. The minimum absolute atomic E-state index is 0.0600. The summed E-state index contributed by atoms with van der Waals surface area (Å²) in [7, 11) is 0. The van der Waals surface area contributed by atoms with E-state index in [2.05, 4.69) is 0 Å². The fourth-order valence-electron chi connectivity index (χ4n) is 1.86. The van der Waals surface area contributed by atoms with Crippen LogP contribution >= 0.6 is 23.2 Å². The number of alkyl halides is 3. The van der Waals surface area contributed by atoms with E-state index in [0.717, 1.165) is 12.1 Å². The Morgan fingerprint density at radius 3 is 1.95 bits per heavy atom. The minimum Gasteiger partial charge on any atom is -0.289 e. The molecule has 0 aliphatic carbocycles. The summed E-state index contributed by atoms with van der Waals surface area (Å²) >= 11 is 11.5. The number of hydrogen-bond donors (Lipinski definition) is 0. The van der Waals surface area contributed by atoms with E-state index in [0.29, 0.717) is 6.08 Å². The quantitative estimate of drug-likeness (QED) is 0.506. The van der Waals surface area contributed by atoms with Crippen molar-refractivity contribution in [2.75, 3.05) is 0 Å². The van der Waals surface area contributed by atoms with Gasteiger partial charge in [0.25, 0.3) is 0 Å². The number of allylic oxidation sites excluding steroid dienone is 2. The van der Waals surface area contributed by atoms with Crippen molar-refractivity contribution in [3.63, 3.8) is 0 Å². The third kappa shape index (κ3) is 4.12. The first-order valence-corrected chi connectivity index (χ1v) is 6.88. The van der Waals surface area contributed by atoms with E-state index in [-0.39, 0.29) is 21.2 Å². The zero-order valence-corrected chi connectivity index (χ0v) is 12.5. The van der Waals surface area contributed by atoms with Crippen LogP contribution in [0.1, 0.15) is 15.9 Å². The molecule has 0 atom stereocenters. The Hall–Kier alpha value is -1.78. The summed E-state index contributed by atoms with van der Waals surface area (Å²) in [5.74, 6) is -0.746. The lowest BCUT2D eigenvalue weighted by Crippen LogP contribution is -2.13. The summed E-state index contributed by atoms with van der Waals surface area (Å²) in [4.78, 5) is 12.0. The molecule has 2 aromatic rings. The summed E-state index contributed by atoms with van der Waals surface area (Å²) in [6.45, 7) is 0. The maximum absolute atomic E-state index is 13.2. The van der Waals surface area contributed by atoms with Gasteiger partial charge in [-0.25, -0.2) is 0 Å². The van der Waals surface area contributed by atoms with Gasteiger partial charge in [0.15, 0.2) is 5.78 Å². The van der Waals surface area contributed by atoms with Gasteiger partial charge >= 0.3 is 6.18 Å². The summed E-state index contributed by atoms with van der Waals surface area (Å²) in [6, 6.07) is 11.3. The van der Waals surface area contributed by atoms with E-state index in [9.17, 15) is 18.0 Å². The molecule has 0 amide bonds. The molecule has 0 aromatic heterocycles. The summed E-state index contributed by atoms with van der Waals surface area (Å²) in [5.41, 5.74) is -1.18. The number of rotatable bonds is 3. The van der Waals surface area contributed by atoms with Crippen molar-refractivity contribution in [3.05, 3.63) is 75.8 Å². The summed E-state index contributed by atoms with van der Waals surface area (Å²) in [6.07, 6.45) is -4.16. The second-order valence-corrected chi connectivity index (χ2v) is 5.32. The van der Waals surface area contributed by atoms with Gasteiger partial charge in [-0.05, 0) is 29.8 Å². The first-order chi connectivity index (χ1) is 10.3. The Morgan fingerprint density at radius 2 is 1.45 bits per heavy atom. The topological polar surface area (TPSA) is 17.1 Å². The van der Waals surface area contributed by atoms with Crippen LogP contribution in [0.3, 0.4) is 0 Å². The molecule has 6 heteroatoms. The highest BCUT2D eigenvalue weighted by Gasteiger charge is 2.35. The van der Waals surface area contributed by atoms with Crippen molar-refractivity contribution in [1.29, 1.82) is 0 Å². The van der Waals surface area contributed by atoms with E-state index in [1.165, 1.54) is 18.2 Å². The molecule has 114 valence electrons. The molecular weight excluding hydrogens is 336 g/mol. The second-order valence-electron chi connectivity index (χ2n) is 4.44. The fourth-order valence-corrected chi connectivity index (χ4v) is 2.38. The van der Waals surface area contributed by atoms with Gasteiger partial charge in [-0.1, -0.05) is 53.5 Å². The van der Waals surface area contributed by atoms with Crippen molar-refractivity contribution in [2.24, 2.45) is 0 Å². The molecule has 22 heavy (non-hydrogen) atoms. The highest BCUT2D eigenvalue weighted by atomic mass is 35.5. The van der Waals surface area contributed by atoms with Crippen molar-refractivity contribution >= 4 is 34.6 Å². The van der Waals surface area contributed by atoms with E-state index >= 15 is 0 Å². The Balaban J connectivity index is 2.52. The zero-order valence-electron chi connectivity index (χ0n) is 11.0. The maximum Gasteiger partial charge on any atom is 0.417 e. The fraction of sp³-hybridized carbons (Fsp3) is 0.0625. The molecule has 0 aliphatic rings. The highest BCUT2D eigenvalue weighted by molar-refractivity contribution is 6.35. The molecule has 0 saturated heterocycles. The van der Waals surface area contributed by atoms with Crippen LogP contribution < -0.4 is 0 Å². The molecule has 0 fully saturated rings. The van der Waals surface area contributed by atoms with Gasteiger partial charge in [0.1, 0.15) is 0 Å². The molecule has 0 radical (unpaired) electrons. The Labute approximate surface area is 135 Å². The Kier molecular flexibility index (Phi) is 4.94. The van der Waals surface area contributed by atoms with E-state index < -0.39 is 17.5 Å². The largest absolute Gasteiger partial charge is 0.417 e. The van der Waals surface area contributed by atoms with Crippen LogP contribution in [0.15, 0.2) is 54.6 Å².